The summed E-state index contributed by atoms with van der Waals surface area (Å²) >= 11 is 6.11. The number of pyridine rings is 1. The van der Waals surface area contributed by atoms with Gasteiger partial charge in [0.25, 0.3) is 5.91 Å². The molecule has 1 saturated carbocycles. The maximum Gasteiger partial charge on any atom is 0.312 e. The molecule has 3 atom stereocenters. The first-order valence-corrected chi connectivity index (χ1v) is 9.57. The average Bonchev–Trinajstić information content (AvgIpc) is 3.45. The summed E-state index contributed by atoms with van der Waals surface area (Å²) in [6.45, 7) is 0.456. The Balaban J connectivity index is 2.02. The van der Waals surface area contributed by atoms with E-state index in [1.54, 1.807) is 6.92 Å². The average molecular weight is 449 g/mol. The molecule has 2 aromatic rings. The van der Waals surface area contributed by atoms with E-state index in [0.29, 0.717) is 12.0 Å². The molecule has 3 rings (SSSR count). The van der Waals surface area contributed by atoms with E-state index in [0.717, 1.165) is 6.07 Å². The number of aryl methyl sites for hydroxylation is 1. The Labute approximate surface area is 181 Å². The van der Waals surface area contributed by atoms with Crippen LogP contribution in [-0.2, 0) is 5.54 Å². The normalized spacial score (nSPS) is 19.1. The Morgan fingerprint density at radius 1 is 1.42 bits per heavy atom. The van der Waals surface area contributed by atoms with Crippen molar-refractivity contribution in [2.75, 3.05) is 12.0 Å². The van der Waals surface area contributed by atoms with Crippen LogP contribution in [0.5, 0.6) is 0 Å². The number of anilines is 1. The van der Waals surface area contributed by atoms with Crippen molar-refractivity contribution in [3.05, 3.63) is 57.6 Å². The highest BCUT2D eigenvalue weighted by molar-refractivity contribution is 6.31. The number of nitrogens with zero attached hydrogens (tertiary/aromatic N) is 2. The number of halogens is 3. The van der Waals surface area contributed by atoms with Crippen molar-refractivity contribution < 1.29 is 18.4 Å². The minimum absolute atomic E-state index is 0.0205. The summed E-state index contributed by atoms with van der Waals surface area (Å²) in [5.41, 5.74) is 9.96. The number of aromatic nitrogens is 1. The molecule has 0 saturated heterocycles. The van der Waals surface area contributed by atoms with Gasteiger partial charge in [-0.25, -0.2) is 18.6 Å². The molecule has 0 spiro atoms. The minimum Gasteiger partial charge on any atom is -0.352 e. The molecule has 8 nitrogen and oxygen atoms in total. The summed E-state index contributed by atoms with van der Waals surface area (Å²) in [6.07, 6.45) is 1.60. The number of rotatable bonds is 6. The van der Waals surface area contributed by atoms with E-state index in [1.807, 2.05) is 6.07 Å². The molecule has 162 valence electrons. The molecule has 0 radical (unpaired) electrons. The lowest BCUT2D eigenvalue weighted by Crippen LogP contribution is -2.53. The molecule has 1 aliphatic rings. The number of benzene rings is 1. The van der Waals surface area contributed by atoms with Gasteiger partial charge in [-0.15, -0.1) is 0 Å². The number of amides is 3. The number of carbonyl (C=O) groups is 2. The van der Waals surface area contributed by atoms with Crippen LogP contribution in [0.3, 0.4) is 0 Å². The zero-order chi connectivity index (χ0) is 22.9. The first kappa shape index (κ1) is 22.4. The summed E-state index contributed by atoms with van der Waals surface area (Å²) in [4.78, 5) is 28.2. The first-order valence-electron chi connectivity index (χ1n) is 9.19. The van der Waals surface area contributed by atoms with Gasteiger partial charge < -0.3 is 22.1 Å². The molecule has 1 fully saturated rings. The van der Waals surface area contributed by atoms with Gasteiger partial charge in [0.1, 0.15) is 29.8 Å². The predicted octanol–water partition coefficient (Wildman–Crippen LogP) is 2.49. The van der Waals surface area contributed by atoms with Crippen molar-refractivity contribution in [3.63, 3.8) is 0 Å². The quantitative estimate of drug-likeness (QED) is 0.536. The molecule has 1 heterocycles. The van der Waals surface area contributed by atoms with E-state index in [2.05, 4.69) is 15.6 Å². The Bertz CT molecular complexity index is 1110. The summed E-state index contributed by atoms with van der Waals surface area (Å²) in [5.74, 6) is -2.17. The van der Waals surface area contributed by atoms with Crippen molar-refractivity contribution in [2.24, 2.45) is 17.4 Å². The van der Waals surface area contributed by atoms with E-state index < -0.39 is 47.0 Å². The van der Waals surface area contributed by atoms with Gasteiger partial charge >= 0.3 is 6.03 Å². The zero-order valence-corrected chi connectivity index (χ0v) is 17.1. The fourth-order valence-electron chi connectivity index (χ4n) is 3.62. The van der Waals surface area contributed by atoms with Crippen molar-refractivity contribution in [1.29, 1.82) is 5.26 Å². The third-order valence-electron chi connectivity index (χ3n) is 5.22. The van der Waals surface area contributed by atoms with Crippen LogP contribution in [0.1, 0.15) is 33.6 Å². The first-order chi connectivity index (χ1) is 14.6. The number of nitrogens with one attached hydrogen (secondary N) is 2. The van der Waals surface area contributed by atoms with Crippen LogP contribution in [0, 0.1) is 30.0 Å². The van der Waals surface area contributed by atoms with E-state index in [-0.39, 0.29) is 22.5 Å². The van der Waals surface area contributed by atoms with E-state index in [4.69, 9.17) is 28.3 Å². The topological polar surface area (TPSA) is 147 Å². The summed E-state index contributed by atoms with van der Waals surface area (Å²) in [7, 11) is 0. The van der Waals surface area contributed by atoms with Crippen molar-refractivity contribution in [2.45, 2.75) is 24.9 Å². The molecular formula is C20H19ClF2N6O2. The predicted molar refractivity (Wildman–Crippen MR) is 110 cm³/mol. The summed E-state index contributed by atoms with van der Waals surface area (Å²) in [6, 6.07) is 4.16. The molecule has 0 aliphatic heterocycles. The lowest BCUT2D eigenvalue weighted by Gasteiger charge is -2.33. The van der Waals surface area contributed by atoms with Gasteiger partial charge in [0.05, 0.1) is 10.6 Å². The number of alkyl halides is 1. The number of hydrogen-bond donors (Lipinski definition) is 4. The number of nitrogens with two attached hydrogens (primary N) is 2. The number of carbonyl (C=O) groups excluding carboxylic acids is 2. The van der Waals surface area contributed by atoms with Gasteiger partial charge in [0.2, 0.25) is 0 Å². The monoisotopic (exact) mass is 448 g/mol. The number of nitriles is 1. The van der Waals surface area contributed by atoms with E-state index in [1.165, 1.54) is 18.3 Å². The Morgan fingerprint density at radius 2 is 2.10 bits per heavy atom. The van der Waals surface area contributed by atoms with Crippen LogP contribution in [0.15, 0.2) is 24.4 Å². The fourth-order valence-corrected chi connectivity index (χ4v) is 3.89. The van der Waals surface area contributed by atoms with Gasteiger partial charge in [-0.05, 0) is 37.1 Å². The maximum absolute atomic E-state index is 14.6. The third kappa shape index (κ3) is 4.28. The second-order valence-electron chi connectivity index (χ2n) is 7.38. The Hall–Kier alpha value is -3.29. The second-order valence-corrected chi connectivity index (χ2v) is 7.75. The second kappa shape index (κ2) is 8.45. The standard InChI is InChI=1S/C20H19ClF2N6O2/c1-9-2-10(6-24)7-27-17(9)18(30)28-11-3-13(16(21)14(23)4-11)20(8-22,29-19(26)31)12-5-15(12)25/h2-4,7,12,15H,5,8,25H2,1H3,(H,28,30)(H3,26,29,31)/t12-,15+,20-/m0/s1. The van der Waals surface area contributed by atoms with Gasteiger partial charge in [-0.3, -0.25) is 4.79 Å². The lowest BCUT2D eigenvalue weighted by molar-refractivity contribution is 0.102. The molecule has 0 bridgehead atoms. The molecule has 3 amide bonds. The molecule has 0 unspecified atom stereocenters. The van der Waals surface area contributed by atoms with Gasteiger partial charge in [-0.1, -0.05) is 11.6 Å². The highest BCUT2D eigenvalue weighted by Gasteiger charge is 2.54. The number of hydrogen-bond acceptors (Lipinski definition) is 5. The molecule has 11 heteroatoms. The number of primary amides is 1. The van der Waals surface area contributed by atoms with Crippen LogP contribution in [-0.4, -0.2) is 29.6 Å². The Morgan fingerprint density at radius 3 is 2.61 bits per heavy atom. The van der Waals surface area contributed by atoms with E-state index >= 15 is 0 Å². The van der Waals surface area contributed by atoms with Crippen LogP contribution in [0.25, 0.3) is 0 Å². The number of urea groups is 1. The van der Waals surface area contributed by atoms with Gasteiger partial charge in [-0.2, -0.15) is 5.26 Å². The smallest absolute Gasteiger partial charge is 0.312 e. The van der Waals surface area contributed by atoms with E-state index in [9.17, 15) is 18.4 Å². The zero-order valence-electron chi connectivity index (χ0n) is 16.4. The third-order valence-corrected chi connectivity index (χ3v) is 5.60. The lowest BCUT2D eigenvalue weighted by atomic mass is 9.85. The molecule has 31 heavy (non-hydrogen) atoms. The van der Waals surface area contributed by atoms with Crippen molar-refractivity contribution in [3.8, 4) is 6.07 Å². The molecule has 1 aliphatic carbocycles. The minimum atomic E-state index is -1.74. The van der Waals surface area contributed by atoms with Crippen molar-refractivity contribution in [1.82, 2.24) is 10.3 Å². The Kier molecular flexibility index (Phi) is 6.10. The van der Waals surface area contributed by atoms with Crippen LogP contribution in [0.2, 0.25) is 5.02 Å². The SMILES string of the molecule is Cc1cc(C#N)cnc1C(=O)Nc1cc(F)c(Cl)c([C@@](CF)(NC(N)=O)[C@H]2C[C@H]2N)c1. The highest BCUT2D eigenvalue weighted by Crippen LogP contribution is 2.48. The van der Waals surface area contributed by atoms with Crippen LogP contribution in [0.4, 0.5) is 19.3 Å². The maximum atomic E-state index is 14.6. The molecule has 1 aromatic carbocycles. The van der Waals surface area contributed by atoms with Gasteiger partial charge in [0.15, 0.2) is 0 Å². The fraction of sp³-hybridized carbons (Fsp3) is 0.300. The highest BCUT2D eigenvalue weighted by atomic mass is 35.5. The summed E-state index contributed by atoms with van der Waals surface area (Å²) < 4.78 is 28.9. The van der Waals surface area contributed by atoms with Crippen LogP contribution < -0.4 is 22.1 Å². The van der Waals surface area contributed by atoms with Crippen molar-refractivity contribution >= 4 is 29.2 Å². The largest absolute Gasteiger partial charge is 0.352 e. The molecular weight excluding hydrogens is 430 g/mol. The van der Waals surface area contributed by atoms with Gasteiger partial charge in [0, 0.05) is 29.4 Å². The summed E-state index contributed by atoms with van der Waals surface area (Å²) in [5, 5.41) is 13.3. The molecule has 6 N–H and O–H groups in total. The van der Waals surface area contributed by atoms with Crippen LogP contribution >= 0.6 is 11.6 Å². The molecule has 1 aromatic heterocycles.